The average molecular weight is 337 g/mol. The number of unbranched alkanes of at least 4 members (excludes halogenated alkanes) is 2. The molecule has 3 nitrogen and oxygen atoms in total. The molecule has 0 aliphatic rings. The first-order valence-corrected chi connectivity index (χ1v) is 6.04. The van der Waals surface area contributed by atoms with E-state index in [-0.39, 0.29) is 36.0 Å². The molecular weight excluding hydrogens is 311 g/mol. The molecule has 0 aliphatic heterocycles. The first-order chi connectivity index (χ1) is 7.26. The molecule has 0 amide bonds. The topological polar surface area (TPSA) is 35.5 Å². The van der Waals surface area contributed by atoms with Crippen LogP contribution in [0.25, 0.3) is 0 Å². The van der Waals surface area contributed by atoms with E-state index in [0.29, 0.717) is 13.2 Å². The van der Waals surface area contributed by atoms with Crippen LogP contribution in [0.2, 0.25) is 0 Å². The van der Waals surface area contributed by atoms with Crippen molar-refractivity contribution in [2.24, 2.45) is 0 Å². The molecule has 0 aromatic heterocycles. The molecule has 0 heterocycles. The zero-order valence-corrected chi connectivity index (χ0v) is 15.0. The molecule has 1 atom stereocenters. The molecule has 0 aromatic rings. The van der Waals surface area contributed by atoms with Crippen LogP contribution in [0.3, 0.4) is 0 Å². The molecular formula is C12H26O3Sn. The van der Waals surface area contributed by atoms with Gasteiger partial charge in [0, 0.05) is 6.61 Å². The molecule has 96 valence electrons. The van der Waals surface area contributed by atoms with Gasteiger partial charge in [0.15, 0.2) is 6.10 Å². The summed E-state index contributed by atoms with van der Waals surface area (Å²) in [7, 11) is 0. The van der Waals surface area contributed by atoms with Gasteiger partial charge in [-0.25, -0.2) is 4.79 Å². The molecule has 0 aromatic carbocycles. The Labute approximate surface area is 116 Å². The molecule has 1 unspecified atom stereocenters. The van der Waals surface area contributed by atoms with Gasteiger partial charge in [0.25, 0.3) is 0 Å². The van der Waals surface area contributed by atoms with Gasteiger partial charge in [-0.15, -0.1) is 0 Å². The van der Waals surface area contributed by atoms with Crippen molar-refractivity contribution in [3.8, 4) is 0 Å². The molecule has 2 radical (unpaired) electrons. The van der Waals surface area contributed by atoms with Crippen molar-refractivity contribution in [1.29, 1.82) is 0 Å². The Bertz CT molecular complexity index is 162. The molecule has 0 fully saturated rings. The SMILES string of the molecule is CCCCOC(=O)C(CCCC)OCC.[SnH2]. The van der Waals surface area contributed by atoms with Gasteiger partial charge in [0.05, 0.1) is 6.61 Å². The standard InChI is InChI=1S/C12H24O3.Sn.2H/c1-4-7-9-11(14-6-3)12(13)15-10-8-5-2;;;/h11H,4-10H2,1-3H3;;;. The van der Waals surface area contributed by atoms with Crippen LogP contribution in [0.15, 0.2) is 0 Å². The quantitative estimate of drug-likeness (QED) is 0.367. The minimum absolute atomic E-state index is 0. The number of esters is 1. The molecule has 0 aliphatic carbocycles. The molecule has 0 bridgehead atoms. The van der Waals surface area contributed by atoms with Crippen molar-refractivity contribution in [1.82, 2.24) is 0 Å². The summed E-state index contributed by atoms with van der Waals surface area (Å²) in [6, 6.07) is 0. The normalized spacial score (nSPS) is 11.7. The summed E-state index contributed by atoms with van der Waals surface area (Å²) in [6.45, 7) is 7.16. The summed E-state index contributed by atoms with van der Waals surface area (Å²) in [5.74, 6) is -0.196. The predicted octanol–water partition coefficient (Wildman–Crippen LogP) is 2.01. The maximum atomic E-state index is 11.6. The Kier molecular flexibility index (Phi) is 15.4. The third-order valence-electron chi connectivity index (χ3n) is 2.19. The van der Waals surface area contributed by atoms with Crippen molar-refractivity contribution >= 4 is 29.9 Å². The van der Waals surface area contributed by atoms with Crippen LogP contribution in [0, 0.1) is 0 Å². The van der Waals surface area contributed by atoms with Crippen LogP contribution in [0.1, 0.15) is 52.9 Å². The molecule has 4 heteroatoms. The minimum atomic E-state index is -0.355. The fraction of sp³-hybridized carbons (Fsp3) is 0.917. The van der Waals surface area contributed by atoms with Crippen LogP contribution in [0.5, 0.6) is 0 Å². The molecule has 0 rings (SSSR count). The third kappa shape index (κ3) is 9.45. The molecule has 0 N–H and O–H groups in total. The second kappa shape index (κ2) is 13.3. The molecule has 0 saturated heterocycles. The van der Waals surface area contributed by atoms with Crippen LogP contribution >= 0.6 is 0 Å². The van der Waals surface area contributed by atoms with Crippen LogP contribution in [-0.2, 0) is 14.3 Å². The first-order valence-electron chi connectivity index (χ1n) is 6.04. The number of carbonyl (C=O) groups excluding carboxylic acids is 1. The van der Waals surface area contributed by atoms with E-state index >= 15 is 0 Å². The van der Waals surface area contributed by atoms with Gasteiger partial charge >= 0.3 is 29.9 Å². The predicted molar refractivity (Wildman–Crippen MR) is 69.4 cm³/mol. The third-order valence-corrected chi connectivity index (χ3v) is 2.19. The van der Waals surface area contributed by atoms with Crippen LogP contribution in [0.4, 0.5) is 0 Å². The summed E-state index contributed by atoms with van der Waals surface area (Å²) in [6.07, 6.45) is 4.47. The van der Waals surface area contributed by atoms with E-state index in [9.17, 15) is 4.79 Å². The number of hydrogen-bond acceptors (Lipinski definition) is 3. The summed E-state index contributed by atoms with van der Waals surface area (Å²) >= 11 is 0. The molecule has 0 spiro atoms. The van der Waals surface area contributed by atoms with Crippen LogP contribution < -0.4 is 0 Å². The zero-order valence-electron chi connectivity index (χ0n) is 11.0. The Morgan fingerprint density at radius 2 is 1.75 bits per heavy atom. The second-order valence-electron chi connectivity index (χ2n) is 3.61. The van der Waals surface area contributed by atoms with Crippen molar-refractivity contribution in [3.05, 3.63) is 0 Å². The van der Waals surface area contributed by atoms with Gasteiger partial charge in [-0.3, -0.25) is 0 Å². The van der Waals surface area contributed by atoms with E-state index in [1.165, 1.54) is 0 Å². The summed E-state index contributed by atoms with van der Waals surface area (Å²) < 4.78 is 10.5. The van der Waals surface area contributed by atoms with Gasteiger partial charge < -0.3 is 9.47 Å². The van der Waals surface area contributed by atoms with Gasteiger partial charge in [-0.1, -0.05) is 33.1 Å². The maximum absolute atomic E-state index is 11.6. The number of ether oxygens (including phenoxy) is 2. The van der Waals surface area contributed by atoms with E-state index in [0.717, 1.165) is 32.1 Å². The average Bonchev–Trinajstić information content (AvgIpc) is 2.24. The Hall–Kier alpha value is 0.229. The van der Waals surface area contributed by atoms with Crippen molar-refractivity contribution in [2.45, 2.75) is 59.0 Å². The molecule has 16 heavy (non-hydrogen) atoms. The summed E-state index contributed by atoms with van der Waals surface area (Å²) in [5.41, 5.74) is 0. The second-order valence-corrected chi connectivity index (χ2v) is 3.61. The Morgan fingerprint density at radius 1 is 1.12 bits per heavy atom. The van der Waals surface area contributed by atoms with Gasteiger partial charge in [0.2, 0.25) is 0 Å². The van der Waals surface area contributed by atoms with Crippen LogP contribution in [-0.4, -0.2) is 49.2 Å². The van der Waals surface area contributed by atoms with E-state index in [1.54, 1.807) is 0 Å². The first kappa shape index (κ1) is 18.6. The fourth-order valence-corrected chi connectivity index (χ4v) is 1.27. The monoisotopic (exact) mass is 338 g/mol. The number of carbonyl (C=O) groups is 1. The van der Waals surface area contributed by atoms with E-state index in [1.807, 2.05) is 6.92 Å². The fourth-order valence-electron chi connectivity index (χ4n) is 1.27. The summed E-state index contributed by atoms with van der Waals surface area (Å²) in [4.78, 5) is 11.6. The zero-order chi connectivity index (χ0) is 11.5. The van der Waals surface area contributed by atoms with E-state index in [2.05, 4.69) is 13.8 Å². The van der Waals surface area contributed by atoms with Crippen molar-refractivity contribution in [3.63, 3.8) is 0 Å². The number of rotatable bonds is 9. The van der Waals surface area contributed by atoms with Gasteiger partial charge in [-0.2, -0.15) is 0 Å². The van der Waals surface area contributed by atoms with Crippen molar-refractivity contribution in [2.75, 3.05) is 13.2 Å². The van der Waals surface area contributed by atoms with E-state index < -0.39 is 0 Å². The number of hydrogen-bond donors (Lipinski definition) is 0. The van der Waals surface area contributed by atoms with E-state index in [4.69, 9.17) is 9.47 Å². The van der Waals surface area contributed by atoms with Gasteiger partial charge in [-0.05, 0) is 19.8 Å². The van der Waals surface area contributed by atoms with Crippen molar-refractivity contribution < 1.29 is 14.3 Å². The Balaban J connectivity index is 0. The summed E-state index contributed by atoms with van der Waals surface area (Å²) in [5, 5.41) is 0. The Morgan fingerprint density at radius 3 is 2.25 bits per heavy atom. The molecule has 0 saturated carbocycles. The van der Waals surface area contributed by atoms with Gasteiger partial charge in [0.1, 0.15) is 0 Å².